The second-order valence-electron chi connectivity index (χ2n) is 4.76. The van der Waals surface area contributed by atoms with Crippen LogP contribution in [-0.2, 0) is 0 Å². The Labute approximate surface area is 126 Å². The third-order valence-corrected chi connectivity index (χ3v) is 3.94. The zero-order valence-electron chi connectivity index (χ0n) is 12.1. The van der Waals surface area contributed by atoms with Gasteiger partial charge in [-0.15, -0.1) is 0 Å². The van der Waals surface area contributed by atoms with E-state index in [2.05, 4.69) is 73.8 Å². The molecule has 0 bridgehead atoms. The molecule has 0 aliphatic heterocycles. The largest absolute Gasteiger partial charge is 0.313 e. The van der Waals surface area contributed by atoms with E-state index in [1.54, 1.807) is 11.8 Å². The normalized spacial score (nSPS) is 11.6. The van der Waals surface area contributed by atoms with Crippen molar-refractivity contribution in [3.8, 4) is 0 Å². The summed E-state index contributed by atoms with van der Waals surface area (Å²) in [6, 6.07) is 19.2. The van der Waals surface area contributed by atoms with E-state index in [9.17, 15) is 0 Å². The summed E-state index contributed by atoms with van der Waals surface area (Å²) in [4.78, 5) is 2.55. The van der Waals surface area contributed by atoms with Gasteiger partial charge in [0.1, 0.15) is 0 Å². The summed E-state index contributed by atoms with van der Waals surface area (Å²) in [6.07, 6.45) is 2.24. The number of rotatable bonds is 6. The second kappa shape index (κ2) is 7.93. The molecule has 0 aliphatic rings. The van der Waals surface area contributed by atoms with Gasteiger partial charge in [0, 0.05) is 16.3 Å². The van der Waals surface area contributed by atoms with Crippen molar-refractivity contribution in [3.63, 3.8) is 0 Å². The third kappa shape index (κ3) is 4.87. The molecule has 2 rings (SSSR count). The summed E-state index contributed by atoms with van der Waals surface area (Å²) in [6.45, 7) is 6.26. The summed E-state index contributed by atoms with van der Waals surface area (Å²) in [5.41, 5.74) is 2.62. The lowest BCUT2D eigenvalue weighted by atomic mass is 10.1. The molecule has 0 radical (unpaired) electrons. The number of nitrogens with one attached hydrogen (secondary N) is 1. The highest BCUT2D eigenvalue weighted by atomic mass is 32.2. The average Bonchev–Trinajstić information content (AvgIpc) is 2.48. The van der Waals surface area contributed by atoms with Crippen LogP contribution in [0.25, 0.3) is 6.08 Å². The highest BCUT2D eigenvalue weighted by molar-refractivity contribution is 7.99. The predicted octanol–water partition coefficient (Wildman–Crippen LogP) is 4.85. The molecule has 104 valence electrons. The molecule has 0 heterocycles. The molecule has 20 heavy (non-hydrogen) atoms. The molecule has 2 aromatic carbocycles. The van der Waals surface area contributed by atoms with Gasteiger partial charge >= 0.3 is 0 Å². The molecule has 0 aliphatic carbocycles. The minimum absolute atomic E-state index is 0.955. The molecule has 2 heteroatoms. The van der Waals surface area contributed by atoms with Crippen molar-refractivity contribution in [2.75, 3.05) is 13.1 Å². The maximum absolute atomic E-state index is 3.34. The Balaban J connectivity index is 1.99. The van der Waals surface area contributed by atoms with Crippen LogP contribution in [0.1, 0.15) is 19.4 Å². The SMILES string of the molecule is CCNCC(C)=Cc1ccc(Sc2ccccc2)cc1. The van der Waals surface area contributed by atoms with Crippen LogP contribution in [0.3, 0.4) is 0 Å². The standard InChI is InChI=1S/C18H21NS/c1-3-19-14-15(2)13-16-9-11-18(12-10-16)20-17-7-5-4-6-8-17/h4-13,19H,3,14H2,1-2H3. The Kier molecular flexibility index (Phi) is 5.90. The average molecular weight is 283 g/mol. The van der Waals surface area contributed by atoms with Gasteiger partial charge in [0.25, 0.3) is 0 Å². The molecular formula is C18H21NS. The third-order valence-electron chi connectivity index (χ3n) is 2.93. The molecule has 0 spiro atoms. The van der Waals surface area contributed by atoms with Crippen molar-refractivity contribution in [1.82, 2.24) is 5.32 Å². The van der Waals surface area contributed by atoms with Crippen molar-refractivity contribution in [3.05, 3.63) is 65.7 Å². The molecule has 0 atom stereocenters. The highest BCUT2D eigenvalue weighted by Gasteiger charge is 1.97. The van der Waals surface area contributed by atoms with E-state index in [1.807, 2.05) is 6.07 Å². The summed E-state index contributed by atoms with van der Waals surface area (Å²) in [7, 11) is 0. The fourth-order valence-electron chi connectivity index (χ4n) is 1.91. The van der Waals surface area contributed by atoms with E-state index >= 15 is 0 Å². The van der Waals surface area contributed by atoms with Gasteiger partial charge in [-0.3, -0.25) is 0 Å². The highest BCUT2D eigenvalue weighted by Crippen LogP contribution is 2.27. The van der Waals surface area contributed by atoms with Crippen molar-refractivity contribution in [2.24, 2.45) is 0 Å². The van der Waals surface area contributed by atoms with Gasteiger partial charge in [0.2, 0.25) is 0 Å². The monoisotopic (exact) mass is 283 g/mol. The van der Waals surface area contributed by atoms with Gasteiger partial charge < -0.3 is 5.32 Å². The maximum Gasteiger partial charge on any atom is 0.0165 e. The number of benzene rings is 2. The topological polar surface area (TPSA) is 12.0 Å². The first kappa shape index (κ1) is 14.9. The van der Waals surface area contributed by atoms with E-state index in [0.29, 0.717) is 0 Å². The van der Waals surface area contributed by atoms with Gasteiger partial charge in [-0.1, -0.05) is 60.7 Å². The fraction of sp³-hybridized carbons (Fsp3) is 0.222. The minimum atomic E-state index is 0.955. The predicted molar refractivity (Wildman–Crippen MR) is 89.2 cm³/mol. The number of likely N-dealkylation sites (N-methyl/N-ethyl adjacent to an activating group) is 1. The molecule has 0 aromatic heterocycles. The lowest BCUT2D eigenvalue weighted by molar-refractivity contribution is 0.778. The van der Waals surface area contributed by atoms with Gasteiger partial charge in [0.05, 0.1) is 0 Å². The van der Waals surface area contributed by atoms with Crippen LogP contribution in [0.4, 0.5) is 0 Å². The Morgan fingerprint density at radius 1 is 1.00 bits per heavy atom. The van der Waals surface area contributed by atoms with Crippen LogP contribution in [0.5, 0.6) is 0 Å². The van der Waals surface area contributed by atoms with E-state index < -0.39 is 0 Å². The molecule has 0 saturated heterocycles. The molecule has 1 nitrogen and oxygen atoms in total. The molecule has 0 amide bonds. The maximum atomic E-state index is 3.34. The summed E-state index contributed by atoms with van der Waals surface area (Å²) >= 11 is 1.80. The van der Waals surface area contributed by atoms with Crippen molar-refractivity contribution in [2.45, 2.75) is 23.6 Å². The van der Waals surface area contributed by atoms with E-state index in [0.717, 1.165) is 13.1 Å². The van der Waals surface area contributed by atoms with Crippen molar-refractivity contribution in [1.29, 1.82) is 0 Å². The molecule has 2 aromatic rings. The summed E-state index contributed by atoms with van der Waals surface area (Å²) < 4.78 is 0. The zero-order chi connectivity index (χ0) is 14.2. The van der Waals surface area contributed by atoms with E-state index in [4.69, 9.17) is 0 Å². The second-order valence-corrected chi connectivity index (χ2v) is 5.90. The Hall–Kier alpha value is -1.51. The van der Waals surface area contributed by atoms with Crippen LogP contribution in [0.15, 0.2) is 70.0 Å². The Morgan fingerprint density at radius 3 is 2.30 bits per heavy atom. The number of hydrogen-bond donors (Lipinski definition) is 1. The van der Waals surface area contributed by atoms with Crippen LogP contribution in [0, 0.1) is 0 Å². The molecule has 0 unspecified atom stereocenters. The minimum Gasteiger partial charge on any atom is -0.313 e. The van der Waals surface area contributed by atoms with Crippen LogP contribution >= 0.6 is 11.8 Å². The van der Waals surface area contributed by atoms with Crippen molar-refractivity contribution < 1.29 is 0 Å². The van der Waals surface area contributed by atoms with Crippen LogP contribution in [-0.4, -0.2) is 13.1 Å². The van der Waals surface area contributed by atoms with Gasteiger partial charge in [-0.05, 0) is 43.3 Å². The van der Waals surface area contributed by atoms with E-state index in [-0.39, 0.29) is 0 Å². The van der Waals surface area contributed by atoms with Gasteiger partial charge in [-0.2, -0.15) is 0 Å². The van der Waals surface area contributed by atoms with Crippen LogP contribution in [0.2, 0.25) is 0 Å². The molecular weight excluding hydrogens is 262 g/mol. The lowest BCUT2D eigenvalue weighted by Crippen LogP contribution is -2.14. The smallest absolute Gasteiger partial charge is 0.0165 e. The molecule has 1 N–H and O–H groups in total. The Morgan fingerprint density at radius 2 is 1.65 bits per heavy atom. The summed E-state index contributed by atoms with van der Waals surface area (Å²) in [5.74, 6) is 0. The molecule has 0 fully saturated rings. The lowest BCUT2D eigenvalue weighted by Gasteiger charge is -2.04. The quantitative estimate of drug-likeness (QED) is 0.813. The van der Waals surface area contributed by atoms with Gasteiger partial charge in [0.15, 0.2) is 0 Å². The number of hydrogen-bond acceptors (Lipinski definition) is 2. The molecule has 0 saturated carbocycles. The first-order valence-corrected chi connectivity index (χ1v) is 7.80. The van der Waals surface area contributed by atoms with Gasteiger partial charge in [-0.25, -0.2) is 0 Å². The van der Waals surface area contributed by atoms with Crippen molar-refractivity contribution >= 4 is 17.8 Å². The zero-order valence-corrected chi connectivity index (χ0v) is 12.9. The summed E-state index contributed by atoms with van der Waals surface area (Å²) in [5, 5.41) is 3.34. The first-order valence-electron chi connectivity index (χ1n) is 6.99. The van der Waals surface area contributed by atoms with Crippen LogP contribution < -0.4 is 5.32 Å². The van der Waals surface area contributed by atoms with E-state index in [1.165, 1.54) is 20.9 Å². The Bertz CT molecular complexity index is 543. The first-order chi connectivity index (χ1) is 9.78. The fourth-order valence-corrected chi connectivity index (χ4v) is 2.75.